The first-order chi connectivity index (χ1) is 9.98. The van der Waals surface area contributed by atoms with Gasteiger partial charge >= 0.3 is 0 Å². The summed E-state index contributed by atoms with van der Waals surface area (Å²) in [6.07, 6.45) is 0. The Morgan fingerprint density at radius 2 is 1.00 bits per heavy atom. The molecule has 0 aliphatic carbocycles. The quantitative estimate of drug-likeness (QED) is 0.789. The lowest BCUT2D eigenvalue weighted by Crippen LogP contribution is -2.31. The Morgan fingerprint density at radius 3 is 1.33 bits per heavy atom. The molecule has 0 unspecified atom stereocenters. The Kier molecular flexibility index (Phi) is 3.16. The molecule has 0 atom stereocenters. The van der Waals surface area contributed by atoms with Gasteiger partial charge in [-0.2, -0.15) is 10.2 Å². The van der Waals surface area contributed by atoms with Gasteiger partial charge < -0.3 is 0 Å². The van der Waals surface area contributed by atoms with E-state index >= 15 is 0 Å². The van der Waals surface area contributed by atoms with Crippen molar-refractivity contribution in [2.24, 2.45) is 15.6 Å². The molecule has 0 N–H and O–H groups in total. The van der Waals surface area contributed by atoms with Crippen molar-refractivity contribution >= 4 is 11.4 Å². The minimum atomic E-state index is -0.421. The molecule has 0 radical (unpaired) electrons. The molecule has 21 heavy (non-hydrogen) atoms. The molecule has 1 aliphatic rings. The Labute approximate surface area is 121 Å². The predicted molar refractivity (Wildman–Crippen MR) is 79.7 cm³/mol. The SMILES string of the molecule is CC1(C)C(c2ccc(F)cc2)=NN=C1c1ccc(F)cc1. The number of hydrogen-bond donors (Lipinski definition) is 0. The molecule has 2 nitrogen and oxygen atoms in total. The highest BCUT2D eigenvalue weighted by molar-refractivity contribution is 6.25. The van der Waals surface area contributed by atoms with E-state index < -0.39 is 5.41 Å². The van der Waals surface area contributed by atoms with Crippen molar-refractivity contribution in [2.45, 2.75) is 13.8 Å². The molecule has 3 rings (SSSR count). The molecule has 4 heteroatoms. The van der Waals surface area contributed by atoms with Crippen molar-refractivity contribution in [3.8, 4) is 0 Å². The number of nitrogens with zero attached hydrogens (tertiary/aromatic N) is 2. The van der Waals surface area contributed by atoms with Crippen LogP contribution in [0.4, 0.5) is 8.78 Å². The van der Waals surface area contributed by atoms with E-state index in [0.717, 1.165) is 22.6 Å². The minimum absolute atomic E-state index is 0.283. The molecule has 0 spiro atoms. The van der Waals surface area contributed by atoms with Crippen molar-refractivity contribution in [3.63, 3.8) is 0 Å². The van der Waals surface area contributed by atoms with Gasteiger partial charge in [-0.25, -0.2) is 8.78 Å². The highest BCUT2D eigenvalue weighted by Crippen LogP contribution is 2.33. The second-order valence-corrected chi connectivity index (χ2v) is 5.54. The van der Waals surface area contributed by atoms with Crippen LogP contribution in [0.2, 0.25) is 0 Å². The highest BCUT2D eigenvalue weighted by Gasteiger charge is 2.37. The highest BCUT2D eigenvalue weighted by atomic mass is 19.1. The van der Waals surface area contributed by atoms with Crippen LogP contribution in [-0.2, 0) is 0 Å². The van der Waals surface area contributed by atoms with Crippen LogP contribution in [-0.4, -0.2) is 11.4 Å². The molecular formula is C17H14F2N2. The summed E-state index contributed by atoms with van der Waals surface area (Å²) in [6, 6.07) is 12.4. The van der Waals surface area contributed by atoms with E-state index in [1.807, 2.05) is 13.8 Å². The van der Waals surface area contributed by atoms with Gasteiger partial charge in [-0.3, -0.25) is 0 Å². The molecule has 0 saturated carbocycles. The van der Waals surface area contributed by atoms with Gasteiger partial charge in [0.2, 0.25) is 0 Å². The molecule has 0 amide bonds. The van der Waals surface area contributed by atoms with Crippen LogP contribution in [0.3, 0.4) is 0 Å². The topological polar surface area (TPSA) is 24.7 Å². The predicted octanol–water partition coefficient (Wildman–Crippen LogP) is 4.20. The van der Waals surface area contributed by atoms with E-state index in [2.05, 4.69) is 10.2 Å². The normalized spacial score (nSPS) is 16.6. The Balaban J connectivity index is 1.96. The van der Waals surface area contributed by atoms with E-state index in [-0.39, 0.29) is 11.6 Å². The zero-order valence-electron chi connectivity index (χ0n) is 11.8. The molecule has 0 bridgehead atoms. The molecular weight excluding hydrogens is 270 g/mol. The zero-order chi connectivity index (χ0) is 15.0. The lowest BCUT2D eigenvalue weighted by Gasteiger charge is -2.23. The first kappa shape index (κ1) is 13.6. The van der Waals surface area contributed by atoms with Gasteiger partial charge in [0.05, 0.1) is 16.8 Å². The van der Waals surface area contributed by atoms with Gasteiger partial charge in [-0.1, -0.05) is 24.3 Å². The second-order valence-electron chi connectivity index (χ2n) is 5.54. The van der Waals surface area contributed by atoms with E-state index in [4.69, 9.17) is 0 Å². The van der Waals surface area contributed by atoms with Gasteiger partial charge in [-0.15, -0.1) is 0 Å². The van der Waals surface area contributed by atoms with Gasteiger partial charge in [0.1, 0.15) is 11.6 Å². The molecule has 0 saturated heterocycles. The number of rotatable bonds is 2. The lowest BCUT2D eigenvalue weighted by molar-refractivity contribution is 0.627. The Bertz CT molecular complexity index is 663. The van der Waals surface area contributed by atoms with Crippen molar-refractivity contribution in [2.75, 3.05) is 0 Å². The van der Waals surface area contributed by atoms with Crippen LogP contribution < -0.4 is 0 Å². The summed E-state index contributed by atoms with van der Waals surface area (Å²) in [7, 11) is 0. The third-order valence-corrected chi connectivity index (χ3v) is 3.67. The third kappa shape index (κ3) is 2.37. The Hall–Kier alpha value is -2.36. The van der Waals surface area contributed by atoms with E-state index in [1.54, 1.807) is 24.3 Å². The Morgan fingerprint density at radius 1 is 0.667 bits per heavy atom. The standard InChI is InChI=1S/C17H14F2N2/c1-17(2)15(11-3-7-13(18)8-4-11)20-21-16(17)12-5-9-14(19)10-6-12/h3-10H,1-2H3. The van der Waals surface area contributed by atoms with Crippen LogP contribution in [0.25, 0.3) is 0 Å². The van der Waals surface area contributed by atoms with Crippen LogP contribution in [0.1, 0.15) is 25.0 Å². The summed E-state index contributed by atoms with van der Waals surface area (Å²) in [5, 5.41) is 8.51. The summed E-state index contributed by atoms with van der Waals surface area (Å²) >= 11 is 0. The monoisotopic (exact) mass is 284 g/mol. The first-order valence-electron chi connectivity index (χ1n) is 6.67. The second kappa shape index (κ2) is 4.88. The number of hydrogen-bond acceptors (Lipinski definition) is 2. The summed E-state index contributed by atoms with van der Waals surface area (Å²) in [5.41, 5.74) is 2.81. The fourth-order valence-electron chi connectivity index (χ4n) is 2.51. The van der Waals surface area contributed by atoms with E-state index in [9.17, 15) is 8.78 Å². The van der Waals surface area contributed by atoms with E-state index in [0.29, 0.717) is 0 Å². The van der Waals surface area contributed by atoms with Crippen LogP contribution in [0.5, 0.6) is 0 Å². The average molecular weight is 284 g/mol. The fourth-order valence-corrected chi connectivity index (χ4v) is 2.51. The van der Waals surface area contributed by atoms with E-state index in [1.165, 1.54) is 24.3 Å². The molecule has 2 aromatic rings. The lowest BCUT2D eigenvalue weighted by atomic mass is 9.77. The molecule has 0 aromatic heterocycles. The summed E-state index contributed by atoms with van der Waals surface area (Å²) < 4.78 is 26.1. The summed E-state index contributed by atoms with van der Waals surface area (Å²) in [6.45, 7) is 4.01. The fraction of sp³-hybridized carbons (Fsp3) is 0.176. The summed E-state index contributed by atoms with van der Waals surface area (Å²) in [5.74, 6) is -0.565. The maximum absolute atomic E-state index is 13.0. The first-order valence-corrected chi connectivity index (χ1v) is 6.67. The molecule has 0 fully saturated rings. The van der Waals surface area contributed by atoms with Gasteiger partial charge in [0.15, 0.2) is 0 Å². The average Bonchev–Trinajstić information content (AvgIpc) is 2.76. The molecule has 1 heterocycles. The molecule has 2 aromatic carbocycles. The maximum atomic E-state index is 13.0. The van der Waals surface area contributed by atoms with Gasteiger partial charge in [0, 0.05) is 0 Å². The van der Waals surface area contributed by atoms with Gasteiger partial charge in [0.25, 0.3) is 0 Å². The van der Waals surface area contributed by atoms with Crippen LogP contribution in [0.15, 0.2) is 58.7 Å². The minimum Gasteiger partial charge on any atom is -0.207 e. The van der Waals surface area contributed by atoms with Crippen LogP contribution in [0, 0.1) is 17.0 Å². The molecule has 106 valence electrons. The van der Waals surface area contributed by atoms with Gasteiger partial charge in [-0.05, 0) is 49.2 Å². The van der Waals surface area contributed by atoms with Crippen molar-refractivity contribution in [3.05, 3.63) is 71.3 Å². The summed E-state index contributed by atoms with van der Waals surface area (Å²) in [4.78, 5) is 0. The number of benzene rings is 2. The zero-order valence-corrected chi connectivity index (χ0v) is 11.8. The number of halogens is 2. The van der Waals surface area contributed by atoms with Crippen molar-refractivity contribution < 1.29 is 8.78 Å². The third-order valence-electron chi connectivity index (χ3n) is 3.67. The van der Waals surface area contributed by atoms with Crippen molar-refractivity contribution in [1.82, 2.24) is 0 Å². The largest absolute Gasteiger partial charge is 0.207 e. The smallest absolute Gasteiger partial charge is 0.123 e. The maximum Gasteiger partial charge on any atom is 0.123 e. The van der Waals surface area contributed by atoms with Crippen LogP contribution >= 0.6 is 0 Å². The van der Waals surface area contributed by atoms with Crippen molar-refractivity contribution in [1.29, 1.82) is 0 Å². The molecule has 1 aliphatic heterocycles.